The van der Waals surface area contributed by atoms with Gasteiger partial charge in [0.05, 0.1) is 5.52 Å². The number of likely N-dealkylation sites (tertiary alicyclic amines) is 1. The molecule has 4 nitrogen and oxygen atoms in total. The molecule has 0 atom stereocenters. The first kappa shape index (κ1) is 13.1. The van der Waals surface area contributed by atoms with Crippen molar-refractivity contribution in [3.8, 4) is 0 Å². The van der Waals surface area contributed by atoms with Gasteiger partial charge in [-0.2, -0.15) is 0 Å². The van der Waals surface area contributed by atoms with Crippen LogP contribution < -0.4 is 0 Å². The number of amides is 1. The molecule has 1 aromatic heterocycles. The predicted molar refractivity (Wildman–Crippen MR) is 74.8 cm³/mol. The molecule has 0 unspecified atom stereocenters. The Labute approximate surface area is 117 Å². The van der Waals surface area contributed by atoms with Gasteiger partial charge >= 0.3 is 0 Å². The van der Waals surface area contributed by atoms with E-state index in [2.05, 4.69) is 9.97 Å². The number of imidazole rings is 1. The molecule has 0 radical (unpaired) electrons. The van der Waals surface area contributed by atoms with E-state index in [9.17, 15) is 9.18 Å². The highest BCUT2D eigenvalue weighted by molar-refractivity contribution is 5.77. The third kappa shape index (κ3) is 2.66. The van der Waals surface area contributed by atoms with Gasteiger partial charge in [-0.1, -0.05) is 6.07 Å². The van der Waals surface area contributed by atoms with Crippen molar-refractivity contribution in [3.63, 3.8) is 0 Å². The summed E-state index contributed by atoms with van der Waals surface area (Å²) < 4.78 is 13.5. The largest absolute Gasteiger partial charge is 0.343 e. The van der Waals surface area contributed by atoms with E-state index in [0.29, 0.717) is 29.7 Å². The van der Waals surface area contributed by atoms with Crippen molar-refractivity contribution in [3.05, 3.63) is 29.8 Å². The van der Waals surface area contributed by atoms with Crippen molar-refractivity contribution in [2.75, 3.05) is 13.1 Å². The molecule has 2 aromatic rings. The Bertz CT molecular complexity index is 617. The maximum atomic E-state index is 13.5. The van der Waals surface area contributed by atoms with Gasteiger partial charge in [-0.25, -0.2) is 9.37 Å². The van der Waals surface area contributed by atoms with Crippen molar-refractivity contribution < 1.29 is 9.18 Å². The van der Waals surface area contributed by atoms with Gasteiger partial charge in [-0.05, 0) is 31.4 Å². The summed E-state index contributed by atoms with van der Waals surface area (Å²) in [6.07, 6.45) is 4.38. The third-order valence-electron chi connectivity index (χ3n) is 3.80. The second-order valence-corrected chi connectivity index (χ2v) is 5.26. The number of aromatic amines is 1. The van der Waals surface area contributed by atoms with Crippen molar-refractivity contribution in [2.45, 2.75) is 32.1 Å². The van der Waals surface area contributed by atoms with Crippen LogP contribution >= 0.6 is 0 Å². The minimum absolute atomic E-state index is 0.172. The Kier molecular flexibility index (Phi) is 3.67. The molecule has 0 aliphatic carbocycles. The second kappa shape index (κ2) is 5.61. The lowest BCUT2D eigenvalue weighted by atomic mass is 10.1. The minimum Gasteiger partial charge on any atom is -0.343 e. The summed E-state index contributed by atoms with van der Waals surface area (Å²) in [4.78, 5) is 21.3. The fourth-order valence-corrected chi connectivity index (χ4v) is 2.69. The van der Waals surface area contributed by atoms with E-state index in [-0.39, 0.29) is 11.7 Å². The number of halogens is 1. The zero-order valence-corrected chi connectivity index (χ0v) is 11.4. The number of aromatic nitrogens is 2. The maximum absolute atomic E-state index is 13.5. The van der Waals surface area contributed by atoms with E-state index in [1.807, 2.05) is 4.90 Å². The van der Waals surface area contributed by atoms with Gasteiger partial charge in [0.2, 0.25) is 5.91 Å². The van der Waals surface area contributed by atoms with E-state index in [1.54, 1.807) is 12.1 Å². The molecule has 1 amide bonds. The van der Waals surface area contributed by atoms with Crippen LogP contribution in [0.25, 0.3) is 11.0 Å². The van der Waals surface area contributed by atoms with Crippen molar-refractivity contribution in [1.82, 2.24) is 14.9 Å². The fourth-order valence-electron chi connectivity index (χ4n) is 2.69. The Morgan fingerprint density at radius 1 is 1.30 bits per heavy atom. The lowest BCUT2D eigenvalue weighted by molar-refractivity contribution is -0.132. The molecule has 0 spiro atoms. The van der Waals surface area contributed by atoms with Gasteiger partial charge in [-0.15, -0.1) is 0 Å². The molecule has 0 saturated carbocycles. The van der Waals surface area contributed by atoms with Crippen LogP contribution in [0.2, 0.25) is 0 Å². The third-order valence-corrected chi connectivity index (χ3v) is 3.80. The highest BCUT2D eigenvalue weighted by Crippen LogP contribution is 2.16. The molecule has 1 saturated heterocycles. The maximum Gasteiger partial charge on any atom is 0.223 e. The number of carbonyl (C=O) groups is 1. The van der Waals surface area contributed by atoms with Gasteiger partial charge in [-0.3, -0.25) is 4.79 Å². The number of nitrogens with zero attached hydrogens (tertiary/aromatic N) is 2. The predicted octanol–water partition coefficient (Wildman–Crippen LogP) is 2.65. The summed E-state index contributed by atoms with van der Waals surface area (Å²) >= 11 is 0. The number of fused-ring (bicyclic) bond motifs is 1. The number of H-pyrrole nitrogens is 1. The average molecular weight is 275 g/mol. The van der Waals surface area contributed by atoms with Crippen molar-refractivity contribution in [1.29, 1.82) is 0 Å². The highest BCUT2D eigenvalue weighted by atomic mass is 19.1. The van der Waals surface area contributed by atoms with Gasteiger partial charge in [0, 0.05) is 25.9 Å². The molecule has 1 aliphatic rings. The molecule has 1 aliphatic heterocycles. The Balaban J connectivity index is 1.64. The number of nitrogens with one attached hydrogen (secondary N) is 1. The van der Waals surface area contributed by atoms with Crippen LogP contribution in [0.4, 0.5) is 4.39 Å². The van der Waals surface area contributed by atoms with Gasteiger partial charge in [0.1, 0.15) is 11.3 Å². The first-order valence-electron chi connectivity index (χ1n) is 7.15. The summed E-state index contributed by atoms with van der Waals surface area (Å²) in [5.41, 5.74) is 1.04. The Morgan fingerprint density at radius 3 is 2.85 bits per heavy atom. The molecule has 2 heterocycles. The zero-order valence-electron chi connectivity index (χ0n) is 11.4. The summed E-state index contributed by atoms with van der Waals surface area (Å²) in [5.74, 6) is 0.522. The van der Waals surface area contributed by atoms with Crippen LogP contribution in [-0.4, -0.2) is 33.9 Å². The first-order chi connectivity index (χ1) is 9.74. The van der Waals surface area contributed by atoms with Crippen molar-refractivity contribution in [2.24, 2.45) is 0 Å². The molecule has 3 rings (SSSR count). The van der Waals surface area contributed by atoms with Crippen LogP contribution in [0, 0.1) is 5.82 Å². The van der Waals surface area contributed by atoms with Crippen molar-refractivity contribution >= 4 is 16.9 Å². The minimum atomic E-state index is -0.327. The number of aryl methyl sites for hydroxylation is 1. The van der Waals surface area contributed by atoms with Crippen LogP contribution in [0.5, 0.6) is 0 Å². The number of piperidine rings is 1. The molecule has 20 heavy (non-hydrogen) atoms. The Hall–Kier alpha value is -1.91. The standard InChI is InChI=1S/C15H18FN3O/c16-11-5-4-6-12-15(11)18-13(17-12)7-8-14(20)19-9-2-1-3-10-19/h4-6H,1-3,7-10H2,(H,17,18). The zero-order chi connectivity index (χ0) is 13.9. The van der Waals surface area contributed by atoms with Crippen LogP contribution in [-0.2, 0) is 11.2 Å². The summed E-state index contributed by atoms with van der Waals surface area (Å²) in [7, 11) is 0. The van der Waals surface area contributed by atoms with Crippen LogP contribution in [0.15, 0.2) is 18.2 Å². The fraction of sp³-hybridized carbons (Fsp3) is 0.467. The number of carbonyl (C=O) groups excluding carboxylic acids is 1. The topological polar surface area (TPSA) is 49.0 Å². The van der Waals surface area contributed by atoms with Gasteiger partial charge in [0.25, 0.3) is 0 Å². The van der Waals surface area contributed by atoms with E-state index < -0.39 is 0 Å². The lowest BCUT2D eigenvalue weighted by Gasteiger charge is -2.26. The number of hydrogen-bond acceptors (Lipinski definition) is 2. The lowest BCUT2D eigenvalue weighted by Crippen LogP contribution is -2.35. The van der Waals surface area contributed by atoms with E-state index in [0.717, 1.165) is 25.9 Å². The highest BCUT2D eigenvalue weighted by Gasteiger charge is 2.17. The molecule has 106 valence electrons. The smallest absolute Gasteiger partial charge is 0.223 e. The summed E-state index contributed by atoms with van der Waals surface area (Å²) in [5, 5.41) is 0. The number of para-hydroxylation sites is 1. The molecule has 5 heteroatoms. The van der Waals surface area contributed by atoms with E-state index in [4.69, 9.17) is 0 Å². The van der Waals surface area contributed by atoms with Gasteiger partial charge in [0.15, 0.2) is 5.82 Å². The monoisotopic (exact) mass is 275 g/mol. The quantitative estimate of drug-likeness (QED) is 0.936. The second-order valence-electron chi connectivity index (χ2n) is 5.26. The summed E-state index contributed by atoms with van der Waals surface area (Å²) in [6.45, 7) is 1.74. The SMILES string of the molecule is O=C(CCc1nc2c(F)cccc2[nH]1)N1CCCCC1. The first-order valence-corrected chi connectivity index (χ1v) is 7.15. The molecular weight excluding hydrogens is 257 g/mol. The number of benzene rings is 1. The van der Waals surface area contributed by atoms with Crippen LogP contribution in [0.1, 0.15) is 31.5 Å². The van der Waals surface area contributed by atoms with E-state index >= 15 is 0 Å². The number of hydrogen-bond donors (Lipinski definition) is 1. The molecular formula is C15H18FN3O. The molecule has 1 aromatic carbocycles. The normalized spacial score (nSPS) is 15.8. The molecule has 0 bridgehead atoms. The summed E-state index contributed by atoms with van der Waals surface area (Å²) in [6, 6.07) is 4.84. The average Bonchev–Trinajstić information content (AvgIpc) is 2.90. The number of rotatable bonds is 3. The molecule has 1 fully saturated rings. The van der Waals surface area contributed by atoms with E-state index in [1.165, 1.54) is 12.5 Å². The van der Waals surface area contributed by atoms with Crippen LogP contribution in [0.3, 0.4) is 0 Å². The van der Waals surface area contributed by atoms with Gasteiger partial charge < -0.3 is 9.88 Å². The molecule has 1 N–H and O–H groups in total. The Morgan fingerprint density at radius 2 is 2.10 bits per heavy atom.